The van der Waals surface area contributed by atoms with E-state index in [0.717, 1.165) is 40.1 Å². The minimum Gasteiger partial charge on any atom is -0.456 e. The first-order valence-electron chi connectivity index (χ1n) is 14.5. The van der Waals surface area contributed by atoms with Gasteiger partial charge in [0.2, 0.25) is 0 Å². The number of benzene rings is 4. The summed E-state index contributed by atoms with van der Waals surface area (Å²) in [7, 11) is -9.74. The molecule has 3 aromatic rings. The van der Waals surface area contributed by atoms with Gasteiger partial charge in [-0.05, 0) is 94.3 Å². The third-order valence-corrected chi connectivity index (χ3v) is 9.17. The van der Waals surface area contributed by atoms with Crippen molar-refractivity contribution in [3.05, 3.63) is 125 Å². The Balaban J connectivity index is 1.83. The first-order valence-corrected chi connectivity index (χ1v) is 17.4. The number of anilines is 2. The lowest BCUT2D eigenvalue weighted by Gasteiger charge is -2.18. The van der Waals surface area contributed by atoms with Crippen molar-refractivity contribution in [3.8, 4) is 22.5 Å². The Kier molecular flexibility index (Phi) is 9.11. The highest BCUT2D eigenvalue weighted by atomic mass is 32.2. The van der Waals surface area contributed by atoms with Gasteiger partial charge in [0.05, 0.1) is 15.9 Å². The highest BCUT2D eigenvalue weighted by Gasteiger charge is 2.26. The summed E-state index contributed by atoms with van der Waals surface area (Å²) < 4.78 is 75.4. The van der Waals surface area contributed by atoms with E-state index < -0.39 is 30.0 Å². The van der Waals surface area contributed by atoms with Crippen molar-refractivity contribution in [1.29, 1.82) is 0 Å². The van der Waals surface area contributed by atoms with E-state index in [-0.39, 0.29) is 5.56 Å². The van der Waals surface area contributed by atoms with Gasteiger partial charge in [0.1, 0.15) is 16.2 Å². The van der Waals surface area contributed by atoms with Crippen LogP contribution in [0, 0.1) is 13.8 Å². The van der Waals surface area contributed by atoms with E-state index in [1.165, 1.54) is 6.07 Å². The quantitative estimate of drug-likeness (QED) is 0.0848. The monoisotopic (exact) mass is 670 g/mol. The van der Waals surface area contributed by atoms with Crippen molar-refractivity contribution < 1.29 is 30.4 Å². The average molecular weight is 671 g/mol. The van der Waals surface area contributed by atoms with Crippen LogP contribution < -0.4 is 10.7 Å². The molecule has 0 radical (unpaired) electrons. The fourth-order valence-electron chi connectivity index (χ4n) is 5.17. The van der Waals surface area contributed by atoms with Gasteiger partial charge in [0.25, 0.3) is 20.2 Å². The number of nitrogens with one attached hydrogen (secondary N) is 1. The lowest BCUT2D eigenvalue weighted by atomic mass is 9.93. The Hall–Kier alpha value is -4.81. The van der Waals surface area contributed by atoms with E-state index >= 15 is 0 Å². The maximum atomic E-state index is 12.7. The number of allylic oxidation sites excluding steroid dienone is 4. The summed E-state index contributed by atoms with van der Waals surface area (Å²) in [6.45, 7) is 13.8. The van der Waals surface area contributed by atoms with Crippen molar-refractivity contribution in [2.24, 2.45) is 4.99 Å². The minimum atomic E-state index is -4.97. The van der Waals surface area contributed by atoms with E-state index in [9.17, 15) is 25.9 Å². The van der Waals surface area contributed by atoms with Gasteiger partial charge < -0.3 is 9.73 Å². The zero-order valence-electron chi connectivity index (χ0n) is 26.5. The molecule has 47 heavy (non-hydrogen) atoms. The van der Waals surface area contributed by atoms with E-state index in [0.29, 0.717) is 44.6 Å². The van der Waals surface area contributed by atoms with Crippen LogP contribution in [0.2, 0.25) is 0 Å². The van der Waals surface area contributed by atoms with E-state index in [1.54, 1.807) is 30.3 Å². The lowest BCUT2D eigenvalue weighted by Crippen LogP contribution is -2.07. The Morgan fingerprint density at radius 1 is 0.830 bits per heavy atom. The summed E-state index contributed by atoms with van der Waals surface area (Å²) in [5.41, 5.74) is 7.46. The lowest BCUT2D eigenvalue weighted by molar-refractivity contribution is 0.481. The summed E-state index contributed by atoms with van der Waals surface area (Å²) in [5, 5.41) is 4.44. The zero-order valence-corrected chi connectivity index (χ0v) is 28.1. The smallest absolute Gasteiger partial charge is 0.295 e. The molecule has 1 aliphatic heterocycles. The van der Waals surface area contributed by atoms with Crippen molar-refractivity contribution in [3.63, 3.8) is 0 Å². The molecule has 0 bridgehead atoms. The molecule has 0 spiro atoms. The number of fused-ring (bicyclic) bond motifs is 2. The fourth-order valence-corrected chi connectivity index (χ4v) is 6.47. The highest BCUT2D eigenvalue weighted by molar-refractivity contribution is 7.86. The molecule has 5 rings (SSSR count). The average Bonchev–Trinajstić information content (AvgIpc) is 2.98. The number of hydrogen-bond donors (Lipinski definition) is 3. The third kappa shape index (κ3) is 7.44. The van der Waals surface area contributed by atoms with Crippen molar-refractivity contribution in [2.75, 3.05) is 5.32 Å². The molecule has 0 saturated carbocycles. The number of aryl methyl sites for hydroxylation is 2. The van der Waals surface area contributed by atoms with Gasteiger partial charge in [-0.3, -0.25) is 9.11 Å². The molecule has 3 N–H and O–H groups in total. The second-order valence-electron chi connectivity index (χ2n) is 11.6. The first-order chi connectivity index (χ1) is 22.0. The zero-order chi connectivity index (χ0) is 34.3. The van der Waals surface area contributed by atoms with Gasteiger partial charge in [-0.15, -0.1) is 0 Å². The normalized spacial score (nSPS) is 12.8. The van der Waals surface area contributed by atoms with Crippen LogP contribution in [0.1, 0.15) is 31.9 Å². The van der Waals surface area contributed by atoms with Crippen LogP contribution in [0.5, 0.6) is 0 Å². The van der Waals surface area contributed by atoms with Crippen molar-refractivity contribution >= 4 is 42.6 Å². The molecule has 9 nitrogen and oxygen atoms in total. The van der Waals surface area contributed by atoms with Gasteiger partial charge in [-0.2, -0.15) is 16.8 Å². The first kappa shape index (κ1) is 33.6. The van der Waals surface area contributed by atoms with Gasteiger partial charge >= 0.3 is 0 Å². The predicted molar refractivity (Wildman–Crippen MR) is 185 cm³/mol. The Bertz CT molecular complexity index is 2400. The Morgan fingerprint density at radius 3 is 2.19 bits per heavy atom. The summed E-state index contributed by atoms with van der Waals surface area (Å²) in [4.78, 5) is 3.39. The third-order valence-electron chi connectivity index (χ3n) is 7.43. The van der Waals surface area contributed by atoms with Crippen LogP contribution >= 0.6 is 0 Å². The van der Waals surface area contributed by atoms with Crippen LogP contribution in [-0.4, -0.2) is 25.9 Å². The number of rotatable bonds is 8. The molecule has 0 aromatic heterocycles. The standard InChI is InChI=1S/C36H34N2O7S2/c1-21(2)7-15-31(22(3)4)37-25-9-12-28-33(18-25)45-34-19-26(38-32-16-8-23(5)17-24(32)6)10-13-29(34)36(28)30-14-11-27(46(39,40)41)20-35(30)47(42,43)44/h7-20,38H,3H2,1-2,4-6H3,(H,39,40,41)(H,42,43,44)/b31-15+,37-25?. The van der Waals surface area contributed by atoms with Crippen LogP contribution in [0.3, 0.4) is 0 Å². The van der Waals surface area contributed by atoms with E-state index in [1.807, 2.05) is 65.0 Å². The fraction of sp³-hybridized carbons (Fsp3) is 0.139. The van der Waals surface area contributed by atoms with Crippen LogP contribution in [-0.2, 0) is 20.2 Å². The summed E-state index contributed by atoms with van der Waals surface area (Å²) in [6.07, 6.45) is 3.80. The summed E-state index contributed by atoms with van der Waals surface area (Å²) >= 11 is 0. The molecule has 0 amide bonds. The SMILES string of the molecule is C=C(C)/C(=C\C=C(C)C)N=c1ccc2c(-c3ccc(S(=O)(=O)O)cc3S(=O)(=O)O)c3ccc(Nc4ccc(C)cc4C)cc3oc-2c1. The highest BCUT2D eigenvalue weighted by Crippen LogP contribution is 2.43. The molecule has 1 heterocycles. The van der Waals surface area contributed by atoms with Crippen LogP contribution in [0.25, 0.3) is 33.4 Å². The Morgan fingerprint density at radius 2 is 1.55 bits per heavy atom. The topological polar surface area (TPSA) is 146 Å². The summed E-state index contributed by atoms with van der Waals surface area (Å²) in [6, 6.07) is 19.6. The molecule has 11 heteroatoms. The van der Waals surface area contributed by atoms with E-state index in [4.69, 9.17) is 9.41 Å². The molecule has 0 saturated heterocycles. The molecule has 0 unspecified atom stereocenters. The maximum absolute atomic E-state index is 12.7. The van der Waals surface area contributed by atoms with Crippen molar-refractivity contribution in [2.45, 2.75) is 44.4 Å². The second kappa shape index (κ2) is 12.8. The molecule has 3 aromatic carbocycles. The summed E-state index contributed by atoms with van der Waals surface area (Å²) in [5.74, 6) is 0.348. The second-order valence-corrected chi connectivity index (χ2v) is 14.4. The van der Waals surface area contributed by atoms with Crippen LogP contribution in [0.15, 0.2) is 128 Å². The Labute approximate surface area is 274 Å². The van der Waals surface area contributed by atoms with Gasteiger partial charge in [-0.1, -0.05) is 42.0 Å². The number of nitrogens with zero attached hydrogens (tertiary/aromatic N) is 1. The van der Waals surface area contributed by atoms with Crippen molar-refractivity contribution in [1.82, 2.24) is 0 Å². The molecule has 0 fully saturated rings. The molecule has 1 aliphatic carbocycles. The van der Waals surface area contributed by atoms with Gasteiger partial charge in [0, 0.05) is 45.6 Å². The number of hydrogen-bond acceptors (Lipinski definition) is 7. The molecule has 242 valence electrons. The maximum Gasteiger partial charge on any atom is 0.295 e. The molecular formula is C36H34N2O7S2. The predicted octanol–water partition coefficient (Wildman–Crippen LogP) is 8.39. The minimum absolute atomic E-state index is 0.0107. The molecule has 0 atom stereocenters. The van der Waals surface area contributed by atoms with Gasteiger partial charge in [0.15, 0.2) is 0 Å². The molecular weight excluding hydrogens is 637 g/mol. The van der Waals surface area contributed by atoms with Crippen LogP contribution in [0.4, 0.5) is 11.4 Å². The largest absolute Gasteiger partial charge is 0.456 e. The van der Waals surface area contributed by atoms with E-state index in [2.05, 4.69) is 18.0 Å². The molecule has 2 aliphatic rings. The van der Waals surface area contributed by atoms with Gasteiger partial charge in [-0.25, -0.2) is 4.99 Å².